The highest BCUT2D eigenvalue weighted by Gasteiger charge is 2.13. The van der Waals surface area contributed by atoms with Crippen molar-refractivity contribution in [2.75, 3.05) is 17.2 Å². The van der Waals surface area contributed by atoms with E-state index in [0.717, 1.165) is 12.1 Å². The fraction of sp³-hybridized carbons (Fsp3) is 0.214. The summed E-state index contributed by atoms with van der Waals surface area (Å²) in [5.74, 6) is -1.54. The van der Waals surface area contributed by atoms with Gasteiger partial charge in [0.05, 0.1) is 18.1 Å². The van der Waals surface area contributed by atoms with Gasteiger partial charge in [0.15, 0.2) is 0 Å². The molecule has 0 fully saturated rings. The number of amides is 1. The van der Waals surface area contributed by atoms with Gasteiger partial charge >= 0.3 is 0 Å². The molecular formula is C14H14F2N4O. The van der Waals surface area contributed by atoms with Crippen LogP contribution >= 0.6 is 0 Å². The first-order valence-electron chi connectivity index (χ1n) is 6.34. The Labute approximate surface area is 120 Å². The molecule has 1 amide bonds. The van der Waals surface area contributed by atoms with Crippen LogP contribution in [0.1, 0.15) is 23.0 Å². The predicted octanol–water partition coefficient (Wildman–Crippen LogP) is 2.75. The van der Waals surface area contributed by atoms with Gasteiger partial charge < -0.3 is 10.6 Å². The molecule has 0 saturated carbocycles. The van der Waals surface area contributed by atoms with Gasteiger partial charge in [-0.2, -0.15) is 0 Å². The number of hydrogen-bond donors (Lipinski definition) is 2. The molecule has 1 heterocycles. The molecule has 2 N–H and O–H groups in total. The molecule has 0 unspecified atom stereocenters. The van der Waals surface area contributed by atoms with E-state index in [4.69, 9.17) is 0 Å². The number of anilines is 2. The zero-order chi connectivity index (χ0) is 15.4. The van der Waals surface area contributed by atoms with Crippen LogP contribution in [0.25, 0.3) is 0 Å². The van der Waals surface area contributed by atoms with Crippen molar-refractivity contribution in [2.45, 2.75) is 13.8 Å². The summed E-state index contributed by atoms with van der Waals surface area (Å²) in [6.45, 7) is 3.94. The van der Waals surface area contributed by atoms with E-state index in [2.05, 4.69) is 20.6 Å². The predicted molar refractivity (Wildman–Crippen MR) is 75.2 cm³/mol. The quantitative estimate of drug-likeness (QED) is 0.909. The number of aryl methyl sites for hydroxylation is 1. The van der Waals surface area contributed by atoms with Crippen molar-refractivity contribution in [3.8, 4) is 0 Å². The second kappa shape index (κ2) is 6.25. The van der Waals surface area contributed by atoms with Gasteiger partial charge in [-0.05, 0) is 25.5 Å². The Hall–Kier alpha value is -2.57. The van der Waals surface area contributed by atoms with Crippen LogP contribution in [0.3, 0.4) is 0 Å². The second-order valence-corrected chi connectivity index (χ2v) is 4.36. The Morgan fingerprint density at radius 3 is 2.71 bits per heavy atom. The Bertz CT molecular complexity index is 676. The number of rotatable bonds is 4. The molecular weight excluding hydrogens is 278 g/mol. The van der Waals surface area contributed by atoms with Gasteiger partial charge in [-0.25, -0.2) is 13.8 Å². The first-order valence-corrected chi connectivity index (χ1v) is 6.34. The van der Waals surface area contributed by atoms with E-state index in [1.54, 1.807) is 0 Å². The van der Waals surface area contributed by atoms with Crippen molar-refractivity contribution in [2.24, 2.45) is 0 Å². The molecule has 0 aliphatic carbocycles. The van der Waals surface area contributed by atoms with Crippen LogP contribution in [-0.4, -0.2) is 22.4 Å². The first-order chi connectivity index (χ1) is 10.0. The van der Waals surface area contributed by atoms with Gasteiger partial charge in [0.25, 0.3) is 5.91 Å². The molecule has 0 aliphatic rings. The summed E-state index contributed by atoms with van der Waals surface area (Å²) in [4.78, 5) is 19.9. The van der Waals surface area contributed by atoms with Crippen LogP contribution in [0.15, 0.2) is 24.5 Å². The topological polar surface area (TPSA) is 66.9 Å². The minimum atomic E-state index is -0.710. The highest BCUT2D eigenvalue weighted by Crippen LogP contribution is 2.19. The van der Waals surface area contributed by atoms with Gasteiger partial charge in [-0.15, -0.1) is 0 Å². The summed E-state index contributed by atoms with van der Waals surface area (Å²) in [7, 11) is 0. The molecule has 21 heavy (non-hydrogen) atoms. The number of carbonyl (C=O) groups excluding carboxylic acids is 1. The lowest BCUT2D eigenvalue weighted by Gasteiger charge is -2.08. The van der Waals surface area contributed by atoms with E-state index in [1.807, 2.05) is 6.92 Å². The van der Waals surface area contributed by atoms with E-state index in [0.29, 0.717) is 12.4 Å². The van der Waals surface area contributed by atoms with Gasteiger partial charge in [0, 0.05) is 12.6 Å². The fourth-order valence-electron chi connectivity index (χ4n) is 1.67. The number of aromatic nitrogens is 2. The van der Waals surface area contributed by atoms with E-state index in [1.165, 1.54) is 19.3 Å². The molecule has 0 atom stereocenters. The Kier molecular flexibility index (Phi) is 4.42. The fourth-order valence-corrected chi connectivity index (χ4v) is 1.67. The summed E-state index contributed by atoms with van der Waals surface area (Å²) in [5.41, 5.74) is -0.0629. The zero-order valence-electron chi connectivity index (χ0n) is 11.6. The third-order valence-corrected chi connectivity index (χ3v) is 2.72. The minimum Gasteiger partial charge on any atom is -0.369 e. The summed E-state index contributed by atoms with van der Waals surface area (Å²) in [6, 6.07) is 1.95. The van der Waals surface area contributed by atoms with Gasteiger partial charge in [-0.3, -0.25) is 9.78 Å². The monoisotopic (exact) mass is 292 g/mol. The number of halogens is 2. The summed E-state index contributed by atoms with van der Waals surface area (Å²) >= 11 is 0. The molecule has 0 radical (unpaired) electrons. The van der Waals surface area contributed by atoms with E-state index >= 15 is 0 Å². The maximum absolute atomic E-state index is 13.7. The zero-order valence-corrected chi connectivity index (χ0v) is 11.6. The number of nitrogens with one attached hydrogen (secondary N) is 2. The third-order valence-electron chi connectivity index (χ3n) is 2.72. The van der Waals surface area contributed by atoms with Crippen molar-refractivity contribution in [3.63, 3.8) is 0 Å². The largest absolute Gasteiger partial charge is 0.369 e. The molecule has 2 aromatic rings. The maximum Gasteiger partial charge on any atom is 0.276 e. The van der Waals surface area contributed by atoms with Crippen LogP contribution in [0.2, 0.25) is 0 Å². The normalized spacial score (nSPS) is 10.3. The highest BCUT2D eigenvalue weighted by molar-refractivity contribution is 6.02. The van der Waals surface area contributed by atoms with Crippen LogP contribution in [0, 0.1) is 18.6 Å². The second-order valence-electron chi connectivity index (χ2n) is 4.36. The van der Waals surface area contributed by atoms with Crippen molar-refractivity contribution in [1.82, 2.24) is 9.97 Å². The van der Waals surface area contributed by atoms with Crippen molar-refractivity contribution in [1.29, 1.82) is 0 Å². The first kappa shape index (κ1) is 14.8. The van der Waals surface area contributed by atoms with Crippen molar-refractivity contribution < 1.29 is 13.6 Å². The molecule has 1 aromatic carbocycles. The Morgan fingerprint density at radius 1 is 1.24 bits per heavy atom. The summed E-state index contributed by atoms with van der Waals surface area (Å²) in [6.07, 6.45) is 2.71. The Morgan fingerprint density at radius 2 is 2.00 bits per heavy atom. The maximum atomic E-state index is 13.7. The van der Waals surface area contributed by atoms with Crippen LogP contribution in [0.5, 0.6) is 0 Å². The van der Waals surface area contributed by atoms with Gasteiger partial charge in [0.1, 0.15) is 23.1 Å². The Balaban J connectivity index is 2.22. The molecule has 0 bridgehead atoms. The average Bonchev–Trinajstić information content (AvgIpc) is 2.45. The van der Waals surface area contributed by atoms with Gasteiger partial charge in [0.2, 0.25) is 0 Å². The number of carbonyl (C=O) groups is 1. The summed E-state index contributed by atoms with van der Waals surface area (Å²) < 4.78 is 27.1. The molecule has 0 aliphatic heterocycles. The van der Waals surface area contributed by atoms with Crippen LogP contribution in [-0.2, 0) is 0 Å². The standard InChI is InChI=1S/C14H14F2N4O/c1-3-18-13-7-17-6-12(19-13)14(21)20-11-5-9(15)8(2)4-10(11)16/h4-7H,3H2,1-2H3,(H,18,19)(H,20,21). The molecule has 110 valence electrons. The summed E-state index contributed by atoms with van der Waals surface area (Å²) in [5, 5.41) is 5.19. The lowest BCUT2D eigenvalue weighted by atomic mass is 10.2. The molecule has 2 rings (SSSR count). The lowest BCUT2D eigenvalue weighted by molar-refractivity contribution is 0.102. The average molecular weight is 292 g/mol. The van der Waals surface area contributed by atoms with Crippen LogP contribution < -0.4 is 10.6 Å². The molecule has 5 nitrogen and oxygen atoms in total. The number of hydrogen-bond acceptors (Lipinski definition) is 4. The van der Waals surface area contributed by atoms with Crippen LogP contribution in [0.4, 0.5) is 20.3 Å². The molecule has 0 saturated heterocycles. The number of benzene rings is 1. The van der Waals surface area contributed by atoms with Crippen molar-refractivity contribution >= 4 is 17.4 Å². The third kappa shape index (κ3) is 3.50. The number of nitrogens with zero attached hydrogens (tertiary/aromatic N) is 2. The van der Waals surface area contributed by atoms with E-state index in [9.17, 15) is 13.6 Å². The minimum absolute atomic E-state index is 0.00818. The SMILES string of the molecule is CCNc1cncc(C(=O)Nc2cc(F)c(C)cc2F)n1. The van der Waals surface area contributed by atoms with E-state index < -0.39 is 17.5 Å². The molecule has 1 aromatic heterocycles. The highest BCUT2D eigenvalue weighted by atomic mass is 19.1. The van der Waals surface area contributed by atoms with E-state index in [-0.39, 0.29) is 16.9 Å². The molecule has 7 heteroatoms. The van der Waals surface area contributed by atoms with Crippen molar-refractivity contribution in [3.05, 3.63) is 47.4 Å². The lowest BCUT2D eigenvalue weighted by Crippen LogP contribution is -2.16. The molecule has 0 spiro atoms. The van der Waals surface area contributed by atoms with Gasteiger partial charge in [-0.1, -0.05) is 0 Å². The smallest absolute Gasteiger partial charge is 0.276 e.